The number of aromatic amines is 1. The number of H-pyrrole nitrogens is 1. The molecule has 2 N–H and O–H groups in total. The summed E-state index contributed by atoms with van der Waals surface area (Å²) in [6.07, 6.45) is 3.71. The van der Waals surface area contributed by atoms with Gasteiger partial charge in [0, 0.05) is 16.7 Å². The van der Waals surface area contributed by atoms with Gasteiger partial charge in [-0.1, -0.05) is 12.1 Å². The molecule has 0 saturated heterocycles. The number of aromatic nitrogens is 2. The van der Waals surface area contributed by atoms with Gasteiger partial charge in [0.2, 0.25) is 5.95 Å². The van der Waals surface area contributed by atoms with E-state index >= 15 is 0 Å². The average molecular weight is 274 g/mol. The van der Waals surface area contributed by atoms with E-state index in [1.807, 2.05) is 30.5 Å². The second kappa shape index (κ2) is 6.19. The molecule has 2 rings (SSSR count). The number of benzene rings is 1. The molecule has 0 atom stereocenters. The molecule has 98 valence electrons. The number of hydrogen-bond donors (Lipinski definition) is 2. The van der Waals surface area contributed by atoms with Gasteiger partial charge in [-0.25, -0.2) is 10.4 Å². The molecule has 0 spiro atoms. The van der Waals surface area contributed by atoms with Crippen LogP contribution in [-0.2, 0) is 0 Å². The van der Waals surface area contributed by atoms with Crippen LogP contribution in [0, 0.1) is 6.92 Å². The minimum atomic E-state index is -0.200. The van der Waals surface area contributed by atoms with Crippen molar-refractivity contribution in [1.82, 2.24) is 9.97 Å². The highest BCUT2D eigenvalue weighted by atomic mass is 32.2. The molecule has 0 radical (unpaired) electrons. The van der Waals surface area contributed by atoms with E-state index in [2.05, 4.69) is 20.5 Å². The molecule has 1 aromatic carbocycles. The van der Waals surface area contributed by atoms with Gasteiger partial charge in [0.25, 0.3) is 5.56 Å². The monoisotopic (exact) mass is 274 g/mol. The maximum absolute atomic E-state index is 11.2. The largest absolute Gasteiger partial charge is 0.291 e. The van der Waals surface area contributed by atoms with Crippen molar-refractivity contribution in [2.75, 3.05) is 11.7 Å². The van der Waals surface area contributed by atoms with Crippen LogP contribution in [0.15, 0.2) is 45.1 Å². The van der Waals surface area contributed by atoms with Crippen LogP contribution in [0.3, 0.4) is 0 Å². The third-order valence-corrected chi connectivity index (χ3v) is 3.11. The summed E-state index contributed by atoms with van der Waals surface area (Å²) in [5.41, 5.74) is 4.12. The predicted octanol–water partition coefficient (Wildman–Crippen LogP) is 2.25. The molecule has 0 aliphatic carbocycles. The molecule has 0 aliphatic heterocycles. The second-order valence-corrected chi connectivity index (χ2v) is 4.76. The van der Waals surface area contributed by atoms with Gasteiger partial charge in [0.15, 0.2) is 0 Å². The van der Waals surface area contributed by atoms with Gasteiger partial charge < -0.3 is 0 Å². The molecule has 6 heteroatoms. The highest BCUT2D eigenvalue weighted by Crippen LogP contribution is 2.13. The van der Waals surface area contributed by atoms with Crippen LogP contribution in [-0.4, -0.2) is 22.4 Å². The van der Waals surface area contributed by atoms with E-state index in [0.717, 1.165) is 5.56 Å². The van der Waals surface area contributed by atoms with Gasteiger partial charge in [0.1, 0.15) is 0 Å². The maximum Gasteiger partial charge on any atom is 0.252 e. The number of nitrogens with zero attached hydrogens (tertiary/aromatic N) is 2. The fourth-order valence-electron chi connectivity index (χ4n) is 1.49. The molecule has 0 aliphatic rings. The van der Waals surface area contributed by atoms with Crippen molar-refractivity contribution in [1.29, 1.82) is 0 Å². The lowest BCUT2D eigenvalue weighted by Gasteiger charge is -2.00. The van der Waals surface area contributed by atoms with E-state index < -0.39 is 0 Å². The van der Waals surface area contributed by atoms with Crippen LogP contribution in [0.2, 0.25) is 0 Å². The Labute approximate surface area is 115 Å². The lowest BCUT2D eigenvalue weighted by molar-refractivity contribution is 1.04. The Kier molecular flexibility index (Phi) is 4.35. The van der Waals surface area contributed by atoms with Crippen LogP contribution < -0.4 is 11.0 Å². The zero-order valence-corrected chi connectivity index (χ0v) is 11.5. The van der Waals surface area contributed by atoms with Crippen molar-refractivity contribution in [3.63, 3.8) is 0 Å². The van der Waals surface area contributed by atoms with E-state index in [1.54, 1.807) is 24.9 Å². The van der Waals surface area contributed by atoms with E-state index in [0.29, 0.717) is 11.6 Å². The van der Waals surface area contributed by atoms with Gasteiger partial charge >= 0.3 is 0 Å². The molecular formula is C13H14N4OS. The molecule has 0 fully saturated rings. The van der Waals surface area contributed by atoms with Crippen LogP contribution in [0.4, 0.5) is 5.95 Å². The standard InChI is InChI=1S/C13H14N4OS/c1-9-7-12(18)16-13(15-9)17-14-8-10-3-5-11(19-2)6-4-10/h3-8H,1-2H3,(H2,15,16,17,18)/b14-8+. The van der Waals surface area contributed by atoms with E-state index in [1.165, 1.54) is 11.0 Å². The summed E-state index contributed by atoms with van der Waals surface area (Å²) in [5, 5.41) is 4.04. The molecule has 2 aromatic rings. The molecule has 0 bridgehead atoms. The zero-order valence-electron chi connectivity index (χ0n) is 10.7. The Bertz CT molecular complexity index is 634. The molecule has 19 heavy (non-hydrogen) atoms. The molecule has 1 aromatic heterocycles. The van der Waals surface area contributed by atoms with Crippen LogP contribution >= 0.6 is 11.8 Å². The highest BCUT2D eigenvalue weighted by molar-refractivity contribution is 7.98. The number of anilines is 1. The normalized spacial score (nSPS) is 10.8. The van der Waals surface area contributed by atoms with Crippen molar-refractivity contribution >= 4 is 23.9 Å². The van der Waals surface area contributed by atoms with Crippen molar-refractivity contribution < 1.29 is 0 Å². The van der Waals surface area contributed by atoms with Crippen LogP contribution in [0.25, 0.3) is 0 Å². The lowest BCUT2D eigenvalue weighted by Crippen LogP contribution is -2.10. The summed E-state index contributed by atoms with van der Waals surface area (Å²) in [7, 11) is 0. The van der Waals surface area contributed by atoms with Gasteiger partial charge in [0.05, 0.1) is 6.21 Å². The molecule has 0 saturated carbocycles. The van der Waals surface area contributed by atoms with E-state index in [-0.39, 0.29) is 5.56 Å². The molecule has 5 nitrogen and oxygen atoms in total. The average Bonchev–Trinajstić information content (AvgIpc) is 2.38. The highest BCUT2D eigenvalue weighted by Gasteiger charge is 1.95. The third kappa shape index (κ3) is 3.96. The smallest absolute Gasteiger partial charge is 0.252 e. The van der Waals surface area contributed by atoms with Gasteiger partial charge in [-0.3, -0.25) is 9.78 Å². The summed E-state index contributed by atoms with van der Waals surface area (Å²) in [4.78, 5) is 19.1. The SMILES string of the molecule is CSc1ccc(/C=N/Nc2nc(C)cc(=O)[nH]2)cc1. The number of rotatable bonds is 4. The van der Waals surface area contributed by atoms with Crippen LogP contribution in [0.5, 0.6) is 0 Å². The first-order chi connectivity index (χ1) is 9.17. The Balaban J connectivity index is 2.04. The molecule has 0 amide bonds. The van der Waals surface area contributed by atoms with Gasteiger partial charge in [-0.2, -0.15) is 5.10 Å². The topological polar surface area (TPSA) is 70.1 Å². The van der Waals surface area contributed by atoms with Gasteiger partial charge in [-0.05, 0) is 30.9 Å². The molecule has 0 unspecified atom stereocenters. The van der Waals surface area contributed by atoms with Crippen LogP contribution in [0.1, 0.15) is 11.3 Å². The van der Waals surface area contributed by atoms with E-state index in [9.17, 15) is 4.79 Å². The summed E-state index contributed by atoms with van der Waals surface area (Å²) in [6.45, 7) is 1.76. The first-order valence-electron chi connectivity index (χ1n) is 5.68. The summed E-state index contributed by atoms with van der Waals surface area (Å²) < 4.78 is 0. The van der Waals surface area contributed by atoms with E-state index in [4.69, 9.17) is 0 Å². The summed E-state index contributed by atoms with van der Waals surface area (Å²) in [5.74, 6) is 0.335. The Hall–Kier alpha value is -2.08. The number of hydrogen-bond acceptors (Lipinski definition) is 5. The second-order valence-electron chi connectivity index (χ2n) is 3.88. The quantitative estimate of drug-likeness (QED) is 0.509. The number of aryl methyl sites for hydroxylation is 1. The zero-order chi connectivity index (χ0) is 13.7. The minimum absolute atomic E-state index is 0.200. The Morgan fingerprint density at radius 3 is 2.74 bits per heavy atom. The number of nitrogens with one attached hydrogen (secondary N) is 2. The van der Waals surface area contributed by atoms with Crippen molar-refractivity contribution in [2.24, 2.45) is 5.10 Å². The lowest BCUT2D eigenvalue weighted by atomic mass is 10.2. The number of hydrazone groups is 1. The Morgan fingerprint density at radius 1 is 1.37 bits per heavy atom. The fourth-order valence-corrected chi connectivity index (χ4v) is 1.90. The minimum Gasteiger partial charge on any atom is -0.291 e. The van der Waals surface area contributed by atoms with Crippen molar-refractivity contribution in [3.8, 4) is 0 Å². The summed E-state index contributed by atoms with van der Waals surface area (Å²) in [6, 6.07) is 9.43. The maximum atomic E-state index is 11.2. The molecular weight excluding hydrogens is 260 g/mol. The first-order valence-corrected chi connectivity index (χ1v) is 6.91. The number of thioether (sulfide) groups is 1. The van der Waals surface area contributed by atoms with Crippen molar-refractivity contribution in [3.05, 3.63) is 51.9 Å². The predicted molar refractivity (Wildman–Crippen MR) is 79.0 cm³/mol. The Morgan fingerprint density at radius 2 is 2.11 bits per heavy atom. The van der Waals surface area contributed by atoms with Crippen molar-refractivity contribution in [2.45, 2.75) is 11.8 Å². The first kappa shape index (κ1) is 13.4. The third-order valence-electron chi connectivity index (χ3n) is 2.37. The summed E-state index contributed by atoms with van der Waals surface area (Å²) >= 11 is 1.69. The molecule has 1 heterocycles. The van der Waals surface area contributed by atoms with Gasteiger partial charge in [-0.15, -0.1) is 11.8 Å². The fraction of sp³-hybridized carbons (Fsp3) is 0.154.